The van der Waals surface area contributed by atoms with Crippen molar-refractivity contribution in [1.29, 1.82) is 0 Å². The quantitative estimate of drug-likeness (QED) is 0.619. The van der Waals surface area contributed by atoms with Crippen molar-refractivity contribution in [3.8, 4) is 11.3 Å². The minimum atomic E-state index is -0.307. The van der Waals surface area contributed by atoms with Crippen LogP contribution < -0.4 is 0 Å². The van der Waals surface area contributed by atoms with E-state index in [0.29, 0.717) is 17.5 Å². The van der Waals surface area contributed by atoms with Crippen LogP contribution in [-0.2, 0) is 11.3 Å². The number of hydrogen-bond donors (Lipinski definition) is 0. The molecule has 0 saturated carbocycles. The maximum absolute atomic E-state index is 13.0. The van der Waals surface area contributed by atoms with Crippen LogP contribution in [0.1, 0.15) is 11.5 Å². The van der Waals surface area contributed by atoms with Gasteiger partial charge in [0.25, 0.3) is 5.22 Å². The number of halogens is 1. The lowest BCUT2D eigenvalue weighted by Crippen LogP contribution is -2.27. The van der Waals surface area contributed by atoms with Crippen LogP contribution in [0.3, 0.4) is 0 Å². The molecule has 0 bridgehead atoms. The summed E-state index contributed by atoms with van der Waals surface area (Å²) >= 11 is 1.22. The molecule has 2 aromatic heterocycles. The molecule has 0 radical (unpaired) electrons. The molecule has 0 N–H and O–H groups in total. The highest BCUT2D eigenvalue weighted by atomic mass is 32.2. The molecule has 0 atom stereocenters. The van der Waals surface area contributed by atoms with Crippen LogP contribution >= 0.6 is 11.8 Å². The van der Waals surface area contributed by atoms with Gasteiger partial charge in [0, 0.05) is 12.6 Å². The van der Waals surface area contributed by atoms with Gasteiger partial charge in [0.05, 0.1) is 18.5 Å². The highest BCUT2D eigenvalue weighted by Crippen LogP contribution is 2.25. The molecule has 5 nitrogen and oxygen atoms in total. The third-order valence-corrected chi connectivity index (χ3v) is 4.37. The van der Waals surface area contributed by atoms with E-state index in [0.717, 1.165) is 17.1 Å². The van der Waals surface area contributed by atoms with Crippen LogP contribution in [0.2, 0.25) is 0 Å². The van der Waals surface area contributed by atoms with Gasteiger partial charge in [0.15, 0.2) is 5.76 Å². The van der Waals surface area contributed by atoms with Gasteiger partial charge in [-0.3, -0.25) is 4.79 Å². The van der Waals surface area contributed by atoms with E-state index in [9.17, 15) is 9.18 Å². The Bertz CT molecular complexity index is 857. The van der Waals surface area contributed by atoms with E-state index in [1.807, 2.05) is 19.1 Å². The Kier molecular flexibility index (Phi) is 5.23. The van der Waals surface area contributed by atoms with Gasteiger partial charge in [-0.25, -0.2) is 9.37 Å². The number of carbonyl (C=O) groups excluding carboxylic acids is 1. The fourth-order valence-corrected chi connectivity index (χ4v) is 2.94. The smallest absolute Gasteiger partial charge is 0.256 e. The predicted molar refractivity (Wildman–Crippen MR) is 92.5 cm³/mol. The molecule has 130 valence electrons. The second kappa shape index (κ2) is 7.57. The van der Waals surface area contributed by atoms with E-state index < -0.39 is 0 Å². The number of amides is 1. The van der Waals surface area contributed by atoms with Crippen molar-refractivity contribution in [1.82, 2.24) is 9.88 Å². The second-order valence-corrected chi connectivity index (χ2v) is 6.47. The summed E-state index contributed by atoms with van der Waals surface area (Å²) in [6, 6.07) is 9.68. The molecule has 1 aromatic carbocycles. The van der Waals surface area contributed by atoms with Gasteiger partial charge in [0.2, 0.25) is 5.91 Å². The van der Waals surface area contributed by atoms with Crippen LogP contribution in [0.5, 0.6) is 0 Å². The van der Waals surface area contributed by atoms with E-state index in [-0.39, 0.29) is 17.5 Å². The molecule has 0 aliphatic rings. The fourth-order valence-electron chi connectivity index (χ4n) is 2.20. The Morgan fingerprint density at radius 1 is 1.20 bits per heavy atom. The molecule has 0 aliphatic carbocycles. The zero-order valence-corrected chi connectivity index (χ0v) is 14.7. The lowest BCUT2D eigenvalue weighted by molar-refractivity contribution is -0.127. The van der Waals surface area contributed by atoms with Crippen LogP contribution in [0.15, 0.2) is 56.7 Å². The van der Waals surface area contributed by atoms with Crippen molar-refractivity contribution >= 4 is 17.7 Å². The summed E-state index contributed by atoms with van der Waals surface area (Å²) in [5.41, 5.74) is 0.734. The van der Waals surface area contributed by atoms with Crippen molar-refractivity contribution in [3.05, 3.63) is 59.9 Å². The minimum absolute atomic E-state index is 0.0550. The number of thioether (sulfide) groups is 1. The number of aromatic nitrogens is 1. The molecule has 0 spiro atoms. The summed E-state index contributed by atoms with van der Waals surface area (Å²) in [4.78, 5) is 17.9. The number of oxazole rings is 1. The molecular weight excluding hydrogens is 343 g/mol. The average molecular weight is 360 g/mol. The Balaban J connectivity index is 1.54. The van der Waals surface area contributed by atoms with Gasteiger partial charge in [-0.05, 0) is 43.3 Å². The van der Waals surface area contributed by atoms with Gasteiger partial charge in [0.1, 0.15) is 17.3 Å². The van der Waals surface area contributed by atoms with E-state index in [1.165, 1.54) is 23.9 Å². The maximum Gasteiger partial charge on any atom is 0.256 e. The summed E-state index contributed by atoms with van der Waals surface area (Å²) in [5, 5.41) is 0.398. The third kappa shape index (κ3) is 4.51. The largest absolute Gasteiger partial charge is 0.464 e. The zero-order chi connectivity index (χ0) is 17.8. The van der Waals surface area contributed by atoms with Crippen LogP contribution in [0.25, 0.3) is 11.3 Å². The topological polar surface area (TPSA) is 59.5 Å². The number of hydrogen-bond acceptors (Lipinski definition) is 5. The fraction of sp³-hybridized carbons (Fsp3) is 0.222. The van der Waals surface area contributed by atoms with Crippen molar-refractivity contribution in [2.75, 3.05) is 12.8 Å². The van der Waals surface area contributed by atoms with Crippen molar-refractivity contribution < 1.29 is 18.0 Å². The van der Waals surface area contributed by atoms with E-state index >= 15 is 0 Å². The molecule has 0 saturated heterocycles. The summed E-state index contributed by atoms with van der Waals surface area (Å²) in [7, 11) is 1.72. The third-order valence-electron chi connectivity index (χ3n) is 3.55. The second-order valence-electron chi connectivity index (χ2n) is 5.55. The number of furan rings is 1. The first-order chi connectivity index (χ1) is 12.0. The molecule has 3 rings (SSSR count). The van der Waals surface area contributed by atoms with Crippen LogP contribution in [0, 0.1) is 12.7 Å². The molecule has 7 heteroatoms. The molecular formula is C18H17FN2O3S. The van der Waals surface area contributed by atoms with Crippen LogP contribution in [0.4, 0.5) is 4.39 Å². The highest BCUT2D eigenvalue weighted by molar-refractivity contribution is 7.99. The predicted octanol–water partition coefficient (Wildman–Crippen LogP) is 4.13. The van der Waals surface area contributed by atoms with Crippen molar-refractivity contribution in [2.24, 2.45) is 0 Å². The molecule has 2 heterocycles. The van der Waals surface area contributed by atoms with Gasteiger partial charge in [-0.2, -0.15) is 0 Å². The van der Waals surface area contributed by atoms with Gasteiger partial charge in [-0.15, -0.1) is 0 Å². The first kappa shape index (κ1) is 17.3. The summed E-state index contributed by atoms with van der Waals surface area (Å²) < 4.78 is 24.0. The van der Waals surface area contributed by atoms with Gasteiger partial charge >= 0.3 is 0 Å². The summed E-state index contributed by atoms with van der Waals surface area (Å²) in [5.74, 6) is 1.94. The molecule has 25 heavy (non-hydrogen) atoms. The lowest BCUT2D eigenvalue weighted by Gasteiger charge is -2.14. The number of rotatable bonds is 6. The van der Waals surface area contributed by atoms with Crippen molar-refractivity contribution in [3.63, 3.8) is 0 Å². The van der Waals surface area contributed by atoms with E-state index in [4.69, 9.17) is 8.83 Å². The lowest BCUT2D eigenvalue weighted by atomic mass is 10.2. The van der Waals surface area contributed by atoms with E-state index in [1.54, 1.807) is 30.3 Å². The molecule has 0 aliphatic heterocycles. The SMILES string of the molecule is Cc1ccc(CN(C)C(=O)CSc2ncc(-c3ccc(F)cc3)o2)o1. The summed E-state index contributed by atoms with van der Waals surface area (Å²) in [6.07, 6.45) is 1.56. The normalized spacial score (nSPS) is 10.8. The van der Waals surface area contributed by atoms with Crippen LogP contribution in [-0.4, -0.2) is 28.6 Å². The monoisotopic (exact) mass is 360 g/mol. The minimum Gasteiger partial charge on any atom is -0.464 e. The van der Waals surface area contributed by atoms with E-state index in [2.05, 4.69) is 4.98 Å². The Morgan fingerprint density at radius 2 is 1.96 bits per heavy atom. The summed E-state index contributed by atoms with van der Waals surface area (Å²) in [6.45, 7) is 2.28. The Morgan fingerprint density at radius 3 is 2.64 bits per heavy atom. The molecule has 3 aromatic rings. The zero-order valence-electron chi connectivity index (χ0n) is 13.9. The standard InChI is InChI=1S/C18H17FN2O3S/c1-12-3-8-15(23-12)10-21(2)17(22)11-25-18-20-9-16(24-18)13-4-6-14(19)7-5-13/h3-9H,10-11H2,1-2H3. The molecule has 0 fully saturated rings. The Hall–Kier alpha value is -2.54. The average Bonchev–Trinajstić information content (AvgIpc) is 3.22. The first-order valence-electron chi connectivity index (χ1n) is 7.65. The number of benzene rings is 1. The Labute approximate surface area is 148 Å². The highest BCUT2D eigenvalue weighted by Gasteiger charge is 2.14. The van der Waals surface area contributed by atoms with Gasteiger partial charge in [-0.1, -0.05) is 11.8 Å². The molecule has 0 unspecified atom stereocenters. The number of aryl methyl sites for hydroxylation is 1. The van der Waals surface area contributed by atoms with Crippen molar-refractivity contribution in [2.45, 2.75) is 18.7 Å². The number of carbonyl (C=O) groups is 1. The maximum atomic E-state index is 13.0. The molecule has 1 amide bonds. The number of nitrogens with zero attached hydrogens (tertiary/aromatic N) is 2. The first-order valence-corrected chi connectivity index (χ1v) is 8.63. The van der Waals surface area contributed by atoms with Gasteiger partial charge < -0.3 is 13.7 Å².